The molecule has 4 fully saturated rings. The summed E-state index contributed by atoms with van der Waals surface area (Å²) in [5.41, 5.74) is -7.15. The predicted molar refractivity (Wildman–Crippen MR) is 95.5 cm³/mol. The Kier molecular flexibility index (Phi) is 3.89. The summed E-state index contributed by atoms with van der Waals surface area (Å²) >= 11 is 0. The Balaban J connectivity index is 1.83. The highest BCUT2D eigenvalue weighted by Gasteiger charge is 2.89. The molecule has 0 radical (unpaired) electrons. The summed E-state index contributed by atoms with van der Waals surface area (Å²) in [7, 11) is 0. The van der Waals surface area contributed by atoms with Crippen molar-refractivity contribution in [2.24, 2.45) is 22.7 Å². The summed E-state index contributed by atoms with van der Waals surface area (Å²) in [4.78, 5) is 25.1. The Hall–Kier alpha value is -1.40. The summed E-state index contributed by atoms with van der Waals surface area (Å²) in [5.74, 6) is -3.40. The fourth-order valence-electron chi connectivity index (χ4n) is 7.64. The highest BCUT2D eigenvalue weighted by molar-refractivity contribution is 5.96. The van der Waals surface area contributed by atoms with Crippen LogP contribution in [-0.4, -0.2) is 97.3 Å². The van der Waals surface area contributed by atoms with Gasteiger partial charge in [0.1, 0.15) is 23.9 Å². The standard InChI is InChI=1S/C20H26O10/c1-7-3-9(22)13(24)17(2)8(7)4-10-18-6-29-19(5-21,14(25)11(23)12(17)18)20(18,28)15(26)16(27)30-10/h3,8,10-15,21,23-26,28H,4-6H2,1-2H3/t8-,10+,11+,12-,13+,14+,15-,17-,18+,19-,20-/m0/s1. The molecule has 0 aromatic heterocycles. The molecule has 30 heavy (non-hydrogen) atoms. The number of rotatable bonds is 1. The molecule has 5 rings (SSSR count). The van der Waals surface area contributed by atoms with Crippen LogP contribution in [0.1, 0.15) is 20.3 Å². The van der Waals surface area contributed by atoms with Gasteiger partial charge in [-0.15, -0.1) is 0 Å². The van der Waals surface area contributed by atoms with Gasteiger partial charge in [0, 0.05) is 11.3 Å². The molecule has 10 nitrogen and oxygen atoms in total. The average molecular weight is 426 g/mol. The second-order valence-corrected chi connectivity index (χ2v) is 9.73. The van der Waals surface area contributed by atoms with Gasteiger partial charge >= 0.3 is 5.97 Å². The van der Waals surface area contributed by atoms with Gasteiger partial charge in [-0.25, -0.2) is 4.79 Å². The van der Waals surface area contributed by atoms with E-state index in [1.165, 1.54) is 6.08 Å². The van der Waals surface area contributed by atoms with Crippen molar-refractivity contribution in [1.82, 2.24) is 0 Å². The molecule has 0 aromatic carbocycles. The van der Waals surface area contributed by atoms with E-state index in [9.17, 15) is 40.2 Å². The van der Waals surface area contributed by atoms with Gasteiger partial charge in [0.2, 0.25) is 0 Å². The first-order valence-corrected chi connectivity index (χ1v) is 10.1. The van der Waals surface area contributed by atoms with Crippen molar-refractivity contribution < 1.29 is 49.7 Å². The third-order valence-electron chi connectivity index (χ3n) is 8.96. The maximum absolute atomic E-state index is 12.6. The van der Waals surface area contributed by atoms with Gasteiger partial charge in [0.05, 0.1) is 24.7 Å². The number of esters is 1. The first-order valence-electron chi connectivity index (χ1n) is 10.1. The molecule has 5 aliphatic rings. The topological polar surface area (TPSA) is 174 Å². The number of hydrogen-bond donors (Lipinski definition) is 6. The number of allylic oxidation sites excluding steroid dienone is 1. The molecule has 2 aliphatic heterocycles. The summed E-state index contributed by atoms with van der Waals surface area (Å²) in [5, 5.41) is 66.0. The van der Waals surface area contributed by atoms with Crippen LogP contribution in [0.3, 0.4) is 0 Å². The van der Waals surface area contributed by atoms with Crippen LogP contribution in [-0.2, 0) is 19.1 Å². The molecule has 0 amide bonds. The van der Waals surface area contributed by atoms with E-state index in [0.29, 0.717) is 5.57 Å². The highest BCUT2D eigenvalue weighted by Crippen LogP contribution is 2.73. The van der Waals surface area contributed by atoms with Crippen molar-refractivity contribution in [3.63, 3.8) is 0 Å². The predicted octanol–water partition coefficient (Wildman–Crippen LogP) is -2.98. The van der Waals surface area contributed by atoms with Crippen molar-refractivity contribution in [3.8, 4) is 0 Å². The monoisotopic (exact) mass is 426 g/mol. The Morgan fingerprint density at radius 2 is 1.83 bits per heavy atom. The van der Waals surface area contributed by atoms with E-state index in [2.05, 4.69) is 0 Å². The fourth-order valence-corrected chi connectivity index (χ4v) is 7.64. The SMILES string of the molecule is CC1=CC(=O)[C@@H](O)[C@@]2(C)[C@H]1C[C@H]1OC(=O)[C@H](O)[C@]3(O)[C@]14CO[C@@]3(CO)[C@H](O)[C@H](O)[C@@H]24. The smallest absolute Gasteiger partial charge is 0.338 e. The highest BCUT2D eigenvalue weighted by atomic mass is 16.6. The van der Waals surface area contributed by atoms with Crippen LogP contribution in [0.15, 0.2) is 11.6 Å². The minimum atomic E-state index is -2.51. The van der Waals surface area contributed by atoms with Crippen molar-refractivity contribution in [3.05, 3.63) is 11.6 Å². The number of ketones is 1. The van der Waals surface area contributed by atoms with E-state index in [-0.39, 0.29) is 13.0 Å². The third kappa shape index (κ3) is 1.72. The van der Waals surface area contributed by atoms with Crippen molar-refractivity contribution >= 4 is 11.8 Å². The van der Waals surface area contributed by atoms with Gasteiger partial charge in [0.25, 0.3) is 0 Å². The number of aliphatic hydroxyl groups excluding tert-OH is 5. The van der Waals surface area contributed by atoms with Crippen LogP contribution in [0.4, 0.5) is 0 Å². The average Bonchev–Trinajstić information content (AvgIpc) is 2.91. The number of ether oxygens (including phenoxy) is 2. The summed E-state index contributed by atoms with van der Waals surface area (Å²) in [6, 6.07) is 0. The van der Waals surface area contributed by atoms with Crippen molar-refractivity contribution in [2.45, 2.75) is 62.0 Å². The van der Waals surface area contributed by atoms with Gasteiger partial charge in [-0.2, -0.15) is 0 Å². The lowest BCUT2D eigenvalue weighted by atomic mass is 9.36. The molecule has 0 aromatic rings. The summed E-state index contributed by atoms with van der Waals surface area (Å²) in [6.07, 6.45) is -6.90. The Bertz CT molecular complexity index is 872. The van der Waals surface area contributed by atoms with Crippen LogP contribution in [0.2, 0.25) is 0 Å². The summed E-state index contributed by atoms with van der Waals surface area (Å²) in [6.45, 7) is 1.96. The molecular formula is C20H26O10. The lowest BCUT2D eigenvalue weighted by molar-refractivity contribution is -0.357. The third-order valence-corrected chi connectivity index (χ3v) is 8.96. The van der Waals surface area contributed by atoms with E-state index in [1.807, 2.05) is 0 Å². The van der Waals surface area contributed by atoms with E-state index in [1.54, 1.807) is 13.8 Å². The molecule has 1 spiro atoms. The zero-order valence-electron chi connectivity index (χ0n) is 16.6. The number of carbonyl (C=O) groups excluding carboxylic acids is 2. The maximum atomic E-state index is 12.6. The quantitative estimate of drug-likeness (QED) is 0.237. The van der Waals surface area contributed by atoms with E-state index < -0.39 is 82.7 Å². The van der Waals surface area contributed by atoms with E-state index >= 15 is 0 Å². The molecule has 2 bridgehead atoms. The van der Waals surface area contributed by atoms with Crippen molar-refractivity contribution in [1.29, 1.82) is 0 Å². The largest absolute Gasteiger partial charge is 0.460 e. The van der Waals surface area contributed by atoms with Gasteiger partial charge in [-0.3, -0.25) is 4.79 Å². The van der Waals surface area contributed by atoms with E-state index in [4.69, 9.17) is 9.47 Å². The number of carbonyl (C=O) groups is 2. The minimum absolute atomic E-state index is 0.105. The first-order chi connectivity index (χ1) is 13.9. The molecule has 11 atom stereocenters. The lowest BCUT2D eigenvalue weighted by Gasteiger charge is -2.70. The van der Waals surface area contributed by atoms with Crippen LogP contribution in [0.5, 0.6) is 0 Å². The molecular weight excluding hydrogens is 400 g/mol. The Morgan fingerprint density at radius 3 is 2.47 bits per heavy atom. The Labute approximate surface area is 171 Å². The molecule has 10 heteroatoms. The van der Waals surface area contributed by atoms with Crippen LogP contribution in [0, 0.1) is 22.7 Å². The van der Waals surface area contributed by atoms with Gasteiger partial charge in [-0.05, 0) is 25.3 Å². The van der Waals surface area contributed by atoms with E-state index in [0.717, 1.165) is 0 Å². The minimum Gasteiger partial charge on any atom is -0.460 e. The first kappa shape index (κ1) is 20.5. The zero-order chi connectivity index (χ0) is 22.0. The normalized spacial score (nSPS) is 59.2. The Morgan fingerprint density at radius 1 is 1.17 bits per heavy atom. The molecule has 6 N–H and O–H groups in total. The molecule has 2 saturated heterocycles. The number of aliphatic hydroxyl groups is 6. The number of hydrogen-bond acceptors (Lipinski definition) is 10. The van der Waals surface area contributed by atoms with Crippen LogP contribution < -0.4 is 0 Å². The molecule has 3 aliphatic carbocycles. The number of fused-ring (bicyclic) bond motifs is 2. The lowest BCUT2D eigenvalue weighted by Crippen LogP contribution is -2.87. The fraction of sp³-hybridized carbons (Fsp3) is 0.800. The van der Waals surface area contributed by atoms with Crippen LogP contribution in [0.25, 0.3) is 0 Å². The van der Waals surface area contributed by atoms with Gasteiger partial charge in [0.15, 0.2) is 17.5 Å². The molecule has 166 valence electrons. The van der Waals surface area contributed by atoms with Crippen LogP contribution >= 0.6 is 0 Å². The summed E-state index contributed by atoms with van der Waals surface area (Å²) < 4.78 is 11.2. The molecule has 0 unspecified atom stereocenters. The van der Waals surface area contributed by atoms with Gasteiger partial charge < -0.3 is 40.1 Å². The maximum Gasteiger partial charge on any atom is 0.338 e. The van der Waals surface area contributed by atoms with Crippen molar-refractivity contribution in [2.75, 3.05) is 13.2 Å². The zero-order valence-corrected chi connectivity index (χ0v) is 16.6. The second-order valence-electron chi connectivity index (χ2n) is 9.73. The second kappa shape index (κ2) is 5.69. The van der Waals surface area contributed by atoms with Gasteiger partial charge in [-0.1, -0.05) is 12.5 Å². The molecule has 2 saturated carbocycles. The molecule has 2 heterocycles.